The van der Waals surface area contributed by atoms with Gasteiger partial charge in [0.2, 0.25) is 0 Å². The summed E-state index contributed by atoms with van der Waals surface area (Å²) < 4.78 is 18.9. The van der Waals surface area contributed by atoms with E-state index in [9.17, 15) is 9.18 Å². The summed E-state index contributed by atoms with van der Waals surface area (Å²) >= 11 is 0. The van der Waals surface area contributed by atoms with Gasteiger partial charge >= 0.3 is 6.03 Å². The van der Waals surface area contributed by atoms with Crippen LogP contribution >= 0.6 is 0 Å². The van der Waals surface area contributed by atoms with E-state index < -0.39 is 0 Å². The van der Waals surface area contributed by atoms with Crippen LogP contribution in [-0.2, 0) is 6.42 Å². The number of hydrogen-bond acceptors (Lipinski definition) is 2. The highest BCUT2D eigenvalue weighted by Gasteiger charge is 2.34. The van der Waals surface area contributed by atoms with Crippen molar-refractivity contribution in [3.63, 3.8) is 0 Å². The molecule has 1 atom stereocenters. The number of H-pyrrole nitrogens is 1. The molecule has 5 nitrogen and oxygen atoms in total. The third-order valence-corrected chi connectivity index (χ3v) is 5.31. The predicted molar refractivity (Wildman–Crippen MR) is 107 cm³/mol. The summed E-state index contributed by atoms with van der Waals surface area (Å²) in [5.41, 5.74) is 4.05. The number of aromatic amines is 1. The molecular formula is C22H24FN3O2. The average molecular weight is 381 g/mol. The molecule has 2 N–H and O–H groups in total. The summed E-state index contributed by atoms with van der Waals surface area (Å²) in [7, 11) is 1.65. The fourth-order valence-electron chi connectivity index (χ4n) is 3.94. The number of ether oxygens (including phenoxy) is 1. The lowest BCUT2D eigenvalue weighted by Crippen LogP contribution is -2.46. The highest BCUT2D eigenvalue weighted by molar-refractivity contribution is 5.87. The molecule has 2 amide bonds. The van der Waals surface area contributed by atoms with Gasteiger partial charge in [-0.25, -0.2) is 9.18 Å². The second-order valence-corrected chi connectivity index (χ2v) is 7.06. The van der Waals surface area contributed by atoms with Crippen LogP contribution in [0.25, 0.3) is 10.9 Å². The highest BCUT2D eigenvalue weighted by atomic mass is 19.1. The molecule has 2 aromatic carbocycles. The number of hydrogen-bond donors (Lipinski definition) is 2. The van der Waals surface area contributed by atoms with Gasteiger partial charge in [-0.05, 0) is 54.3 Å². The first-order valence-electron chi connectivity index (χ1n) is 9.60. The normalized spacial score (nSPS) is 16.1. The fourth-order valence-corrected chi connectivity index (χ4v) is 3.94. The Kier molecular flexibility index (Phi) is 4.94. The van der Waals surface area contributed by atoms with E-state index in [2.05, 4.69) is 10.3 Å². The van der Waals surface area contributed by atoms with Crippen LogP contribution in [0, 0.1) is 5.82 Å². The Labute approximate surface area is 163 Å². The molecule has 28 heavy (non-hydrogen) atoms. The zero-order valence-electron chi connectivity index (χ0n) is 16.1. The maximum atomic E-state index is 13.5. The predicted octanol–water partition coefficient (Wildman–Crippen LogP) is 4.38. The smallest absolute Gasteiger partial charge is 0.318 e. The van der Waals surface area contributed by atoms with Gasteiger partial charge in [0.05, 0.1) is 13.2 Å². The van der Waals surface area contributed by atoms with Crippen molar-refractivity contribution in [2.75, 3.05) is 20.2 Å². The molecule has 0 bridgehead atoms. The topological polar surface area (TPSA) is 57.4 Å². The van der Waals surface area contributed by atoms with Crippen molar-refractivity contribution in [2.45, 2.75) is 25.8 Å². The lowest BCUT2D eigenvalue weighted by Gasteiger charge is -2.36. The lowest BCUT2D eigenvalue weighted by molar-refractivity contribution is 0.179. The monoisotopic (exact) mass is 381 g/mol. The largest absolute Gasteiger partial charge is 0.497 e. The van der Waals surface area contributed by atoms with Crippen LogP contribution in [0.5, 0.6) is 5.75 Å². The van der Waals surface area contributed by atoms with Gasteiger partial charge in [0.25, 0.3) is 0 Å². The fraction of sp³-hybridized carbons (Fsp3) is 0.318. The first kappa shape index (κ1) is 18.3. The van der Waals surface area contributed by atoms with Gasteiger partial charge in [-0.15, -0.1) is 0 Å². The average Bonchev–Trinajstić information content (AvgIpc) is 3.09. The highest BCUT2D eigenvalue weighted by Crippen LogP contribution is 2.39. The molecule has 1 aromatic heterocycles. The molecule has 0 saturated carbocycles. The van der Waals surface area contributed by atoms with Gasteiger partial charge in [0.15, 0.2) is 0 Å². The molecule has 0 spiro atoms. The SMILES string of the molecule is CCCNC(=O)N1CCc2c([nH]c3ccc(OC)cc23)C1c1ccc(F)cc1. The van der Waals surface area contributed by atoms with Crippen LogP contribution in [0.1, 0.15) is 36.2 Å². The molecule has 4 rings (SSSR count). The Morgan fingerprint density at radius 3 is 2.79 bits per heavy atom. The molecule has 1 aliphatic rings. The van der Waals surface area contributed by atoms with Crippen LogP contribution in [0.4, 0.5) is 9.18 Å². The number of halogens is 1. The Bertz CT molecular complexity index is 997. The number of urea groups is 1. The standard InChI is InChI=1S/C22H24FN3O2/c1-3-11-24-22(27)26-12-10-17-18-13-16(28-2)8-9-19(18)25-20(17)21(26)14-4-6-15(23)7-5-14/h4-9,13,21,25H,3,10-12H2,1-2H3,(H,24,27). The molecule has 0 radical (unpaired) electrons. The first-order chi connectivity index (χ1) is 13.6. The third kappa shape index (κ3) is 3.19. The summed E-state index contributed by atoms with van der Waals surface area (Å²) in [6.07, 6.45) is 1.62. The maximum Gasteiger partial charge on any atom is 0.318 e. The molecule has 6 heteroatoms. The number of amides is 2. The summed E-state index contributed by atoms with van der Waals surface area (Å²) in [6.45, 7) is 3.24. The molecule has 2 heterocycles. The molecule has 1 aliphatic heterocycles. The second-order valence-electron chi connectivity index (χ2n) is 7.06. The van der Waals surface area contributed by atoms with Crippen LogP contribution < -0.4 is 10.1 Å². The van der Waals surface area contributed by atoms with Crippen LogP contribution in [0.2, 0.25) is 0 Å². The quantitative estimate of drug-likeness (QED) is 0.705. The molecule has 1 unspecified atom stereocenters. The zero-order chi connectivity index (χ0) is 19.7. The molecular weight excluding hydrogens is 357 g/mol. The number of methoxy groups -OCH3 is 1. The van der Waals surface area contributed by atoms with Gasteiger partial charge in [0, 0.05) is 29.7 Å². The minimum atomic E-state index is -0.292. The van der Waals surface area contributed by atoms with Gasteiger partial charge in [0.1, 0.15) is 11.6 Å². The van der Waals surface area contributed by atoms with E-state index in [0.29, 0.717) is 13.1 Å². The maximum absolute atomic E-state index is 13.5. The second kappa shape index (κ2) is 7.54. The first-order valence-corrected chi connectivity index (χ1v) is 9.60. The minimum Gasteiger partial charge on any atom is -0.497 e. The van der Waals surface area contributed by atoms with Crippen molar-refractivity contribution >= 4 is 16.9 Å². The Hall–Kier alpha value is -3.02. The lowest BCUT2D eigenvalue weighted by atomic mass is 9.92. The molecule has 146 valence electrons. The van der Waals surface area contributed by atoms with E-state index in [1.54, 1.807) is 19.2 Å². The number of fused-ring (bicyclic) bond motifs is 3. The number of aromatic nitrogens is 1. The molecule has 0 saturated heterocycles. The van der Waals surface area contributed by atoms with E-state index in [1.807, 2.05) is 30.0 Å². The van der Waals surface area contributed by atoms with Crippen molar-refractivity contribution in [3.8, 4) is 5.75 Å². The van der Waals surface area contributed by atoms with Crippen molar-refractivity contribution in [2.24, 2.45) is 0 Å². The van der Waals surface area contributed by atoms with Crippen molar-refractivity contribution in [1.29, 1.82) is 0 Å². The van der Waals surface area contributed by atoms with E-state index >= 15 is 0 Å². The number of benzene rings is 2. The third-order valence-electron chi connectivity index (χ3n) is 5.31. The van der Waals surface area contributed by atoms with E-state index in [1.165, 1.54) is 17.7 Å². The van der Waals surface area contributed by atoms with Crippen molar-refractivity contribution in [1.82, 2.24) is 15.2 Å². The van der Waals surface area contributed by atoms with Crippen LogP contribution in [0.15, 0.2) is 42.5 Å². The van der Waals surface area contributed by atoms with Crippen LogP contribution in [0.3, 0.4) is 0 Å². The number of carbonyl (C=O) groups is 1. The molecule has 3 aromatic rings. The Morgan fingerprint density at radius 2 is 2.07 bits per heavy atom. The summed E-state index contributed by atoms with van der Waals surface area (Å²) in [5.74, 6) is 0.513. The van der Waals surface area contributed by atoms with Crippen molar-refractivity contribution < 1.29 is 13.9 Å². The van der Waals surface area contributed by atoms with Gasteiger partial charge < -0.3 is 19.9 Å². The number of rotatable bonds is 4. The Morgan fingerprint density at radius 1 is 1.29 bits per heavy atom. The molecule has 0 fully saturated rings. The van der Waals surface area contributed by atoms with E-state index in [4.69, 9.17) is 4.74 Å². The summed E-state index contributed by atoms with van der Waals surface area (Å²) in [6, 6.07) is 11.9. The van der Waals surface area contributed by atoms with E-state index in [-0.39, 0.29) is 17.9 Å². The number of carbonyl (C=O) groups excluding carboxylic acids is 1. The number of nitrogens with one attached hydrogen (secondary N) is 2. The van der Waals surface area contributed by atoms with Crippen LogP contribution in [-0.4, -0.2) is 36.1 Å². The van der Waals surface area contributed by atoms with E-state index in [0.717, 1.165) is 40.8 Å². The van der Waals surface area contributed by atoms with Gasteiger partial charge in [-0.1, -0.05) is 19.1 Å². The minimum absolute atomic E-state index is 0.0990. The molecule has 0 aliphatic carbocycles. The zero-order valence-corrected chi connectivity index (χ0v) is 16.1. The summed E-state index contributed by atoms with van der Waals surface area (Å²) in [5, 5.41) is 4.08. The van der Waals surface area contributed by atoms with Gasteiger partial charge in [-0.2, -0.15) is 0 Å². The van der Waals surface area contributed by atoms with Gasteiger partial charge in [-0.3, -0.25) is 0 Å². The Balaban J connectivity index is 1.83. The van der Waals surface area contributed by atoms with Crippen molar-refractivity contribution in [3.05, 3.63) is 65.1 Å². The summed E-state index contributed by atoms with van der Waals surface area (Å²) in [4.78, 5) is 18.2. The number of nitrogens with zero attached hydrogens (tertiary/aromatic N) is 1.